The molecule has 2 atom stereocenters. The highest BCUT2D eigenvalue weighted by atomic mass is 19.1. The zero-order valence-corrected chi connectivity index (χ0v) is 15.7. The van der Waals surface area contributed by atoms with Crippen molar-refractivity contribution in [2.24, 2.45) is 0 Å². The number of rotatable bonds is 2. The van der Waals surface area contributed by atoms with E-state index in [9.17, 15) is 14.0 Å². The summed E-state index contributed by atoms with van der Waals surface area (Å²) in [6.45, 7) is 7.42. The Morgan fingerprint density at radius 1 is 1.33 bits per heavy atom. The van der Waals surface area contributed by atoms with Crippen molar-refractivity contribution >= 4 is 17.0 Å². The number of aromatic amines is 1. The first-order valence-corrected chi connectivity index (χ1v) is 9.12. The predicted octanol–water partition coefficient (Wildman–Crippen LogP) is 2.26. The number of H-pyrrole nitrogens is 1. The van der Waals surface area contributed by atoms with Crippen molar-refractivity contribution < 1.29 is 13.9 Å². The van der Waals surface area contributed by atoms with Gasteiger partial charge >= 0.3 is 6.09 Å². The molecule has 1 N–H and O–H groups in total. The highest BCUT2D eigenvalue weighted by Gasteiger charge is 2.48. The van der Waals surface area contributed by atoms with Crippen LogP contribution >= 0.6 is 0 Å². The van der Waals surface area contributed by atoms with Crippen LogP contribution in [-0.2, 0) is 11.3 Å². The van der Waals surface area contributed by atoms with Crippen LogP contribution in [0.25, 0.3) is 10.9 Å². The molecule has 3 saturated heterocycles. The largest absolute Gasteiger partial charge is 0.444 e. The van der Waals surface area contributed by atoms with Crippen molar-refractivity contribution in [3.05, 3.63) is 40.2 Å². The molecule has 5 rings (SSSR count). The molecule has 1 aromatic heterocycles. The summed E-state index contributed by atoms with van der Waals surface area (Å²) in [6.07, 6.45) is 0.693. The Bertz CT molecular complexity index is 940. The molecule has 3 aliphatic rings. The maximum atomic E-state index is 13.4. The number of benzene rings is 1. The molecule has 1 aromatic carbocycles. The van der Waals surface area contributed by atoms with Crippen LogP contribution in [0, 0.1) is 5.82 Å². The first-order valence-electron chi connectivity index (χ1n) is 9.12. The van der Waals surface area contributed by atoms with Crippen LogP contribution in [0.4, 0.5) is 9.18 Å². The Morgan fingerprint density at radius 2 is 2.04 bits per heavy atom. The van der Waals surface area contributed by atoms with E-state index in [0.29, 0.717) is 36.4 Å². The van der Waals surface area contributed by atoms with Crippen molar-refractivity contribution in [1.29, 1.82) is 0 Å². The quantitative estimate of drug-likeness (QED) is 0.872. The van der Waals surface area contributed by atoms with Gasteiger partial charge in [-0.1, -0.05) is 0 Å². The molecule has 8 heteroatoms. The lowest BCUT2D eigenvalue weighted by Crippen LogP contribution is -2.70. The molecule has 2 unspecified atom stereocenters. The standard InChI is InChI=1S/C19H23FN4O3/c1-19(2,3)27-18(26)24-12-7-13(24)9-23(8-12)10-16-21-15-6-11(20)4-5-14(15)17(25)22-16/h4-6,12-13H,7-10H2,1-3H3,(H,21,22,25). The lowest BCUT2D eigenvalue weighted by molar-refractivity contribution is -0.0786. The second kappa shape index (κ2) is 6.30. The van der Waals surface area contributed by atoms with E-state index in [-0.39, 0.29) is 23.7 Å². The van der Waals surface area contributed by atoms with Gasteiger partial charge in [0.1, 0.15) is 17.2 Å². The van der Waals surface area contributed by atoms with Gasteiger partial charge in [-0.25, -0.2) is 14.2 Å². The fraction of sp³-hybridized carbons (Fsp3) is 0.526. The number of nitrogens with one attached hydrogen (secondary N) is 1. The van der Waals surface area contributed by atoms with Crippen LogP contribution in [0.15, 0.2) is 23.0 Å². The Labute approximate surface area is 156 Å². The van der Waals surface area contributed by atoms with Gasteiger partial charge in [0.05, 0.1) is 29.5 Å². The van der Waals surface area contributed by atoms with E-state index in [4.69, 9.17) is 4.74 Å². The molecule has 2 bridgehead atoms. The van der Waals surface area contributed by atoms with Gasteiger partial charge in [0.2, 0.25) is 0 Å². The van der Waals surface area contributed by atoms with Crippen molar-refractivity contribution in [3.63, 3.8) is 0 Å². The molecular formula is C19H23FN4O3. The molecular weight excluding hydrogens is 351 g/mol. The van der Waals surface area contributed by atoms with Crippen LogP contribution in [0.1, 0.15) is 33.0 Å². The summed E-state index contributed by atoms with van der Waals surface area (Å²) in [5, 5.41) is 0.373. The summed E-state index contributed by atoms with van der Waals surface area (Å²) < 4.78 is 18.9. The first-order chi connectivity index (χ1) is 12.7. The van der Waals surface area contributed by atoms with E-state index in [0.717, 1.165) is 6.42 Å². The number of piperidine rings is 1. The summed E-state index contributed by atoms with van der Waals surface area (Å²) >= 11 is 0. The van der Waals surface area contributed by atoms with Crippen LogP contribution < -0.4 is 5.56 Å². The minimum absolute atomic E-state index is 0.114. The van der Waals surface area contributed by atoms with Crippen molar-refractivity contribution in [3.8, 4) is 0 Å². The average molecular weight is 374 g/mol. The van der Waals surface area contributed by atoms with Gasteiger partial charge in [0.25, 0.3) is 5.56 Å². The fourth-order valence-corrected chi connectivity index (χ4v) is 3.89. The maximum absolute atomic E-state index is 13.4. The third kappa shape index (κ3) is 3.53. The average Bonchev–Trinajstić information content (AvgIpc) is 2.52. The zero-order chi connectivity index (χ0) is 19.3. The number of amides is 1. The number of carbonyl (C=O) groups is 1. The number of carbonyl (C=O) groups excluding carboxylic acids is 1. The number of hydrogen-bond acceptors (Lipinski definition) is 5. The summed E-state index contributed by atoms with van der Waals surface area (Å²) in [5.41, 5.74) is -0.427. The van der Waals surface area contributed by atoms with E-state index < -0.39 is 11.4 Å². The van der Waals surface area contributed by atoms with Crippen LogP contribution in [0.5, 0.6) is 0 Å². The minimum Gasteiger partial charge on any atom is -0.444 e. The number of fused-ring (bicyclic) bond motifs is 3. The molecule has 0 aliphatic carbocycles. The first kappa shape index (κ1) is 17.9. The molecule has 144 valence electrons. The lowest BCUT2D eigenvalue weighted by atomic mass is 9.88. The van der Waals surface area contributed by atoms with Crippen LogP contribution in [0.2, 0.25) is 0 Å². The third-order valence-corrected chi connectivity index (χ3v) is 4.96. The van der Waals surface area contributed by atoms with E-state index in [1.54, 1.807) is 0 Å². The van der Waals surface area contributed by atoms with Gasteiger partial charge in [0.15, 0.2) is 0 Å². The molecule has 3 aliphatic heterocycles. The van der Waals surface area contributed by atoms with Gasteiger partial charge < -0.3 is 9.72 Å². The zero-order valence-electron chi connectivity index (χ0n) is 15.7. The Kier molecular flexibility index (Phi) is 4.18. The second-order valence-electron chi connectivity index (χ2n) is 8.30. The Hall–Kier alpha value is -2.48. The minimum atomic E-state index is -0.509. The van der Waals surface area contributed by atoms with Crippen molar-refractivity contribution in [1.82, 2.24) is 19.8 Å². The molecule has 2 aromatic rings. The number of aromatic nitrogens is 2. The monoisotopic (exact) mass is 374 g/mol. The Morgan fingerprint density at radius 3 is 2.70 bits per heavy atom. The third-order valence-electron chi connectivity index (χ3n) is 4.96. The van der Waals surface area contributed by atoms with Crippen LogP contribution in [-0.4, -0.2) is 56.6 Å². The predicted molar refractivity (Wildman–Crippen MR) is 97.9 cm³/mol. The summed E-state index contributed by atoms with van der Waals surface area (Å²) in [7, 11) is 0. The summed E-state index contributed by atoms with van der Waals surface area (Å²) in [6, 6.07) is 4.19. The molecule has 4 heterocycles. The van der Waals surface area contributed by atoms with E-state index in [1.807, 2.05) is 25.7 Å². The van der Waals surface area contributed by atoms with E-state index in [1.165, 1.54) is 18.2 Å². The molecule has 3 fully saturated rings. The number of ether oxygens (including phenoxy) is 1. The van der Waals surface area contributed by atoms with E-state index in [2.05, 4.69) is 14.9 Å². The van der Waals surface area contributed by atoms with Crippen molar-refractivity contribution in [2.45, 2.75) is 51.4 Å². The molecule has 7 nitrogen and oxygen atoms in total. The maximum Gasteiger partial charge on any atom is 0.410 e. The smallest absolute Gasteiger partial charge is 0.410 e. The molecule has 0 saturated carbocycles. The van der Waals surface area contributed by atoms with Gasteiger partial charge in [0, 0.05) is 19.2 Å². The van der Waals surface area contributed by atoms with E-state index >= 15 is 0 Å². The summed E-state index contributed by atoms with van der Waals surface area (Å²) in [5.74, 6) is 0.0852. The molecule has 0 spiro atoms. The van der Waals surface area contributed by atoms with Gasteiger partial charge in [-0.05, 0) is 39.3 Å². The molecule has 27 heavy (non-hydrogen) atoms. The highest BCUT2D eigenvalue weighted by molar-refractivity contribution is 5.77. The van der Waals surface area contributed by atoms with Crippen LogP contribution in [0.3, 0.4) is 0 Å². The summed E-state index contributed by atoms with van der Waals surface area (Å²) in [4.78, 5) is 35.7. The number of hydrogen-bond donors (Lipinski definition) is 1. The van der Waals surface area contributed by atoms with Gasteiger partial charge in [-0.2, -0.15) is 0 Å². The lowest BCUT2D eigenvalue weighted by Gasteiger charge is -2.55. The second-order valence-corrected chi connectivity index (χ2v) is 8.30. The number of halogens is 1. The topological polar surface area (TPSA) is 78.5 Å². The normalized spacial score (nSPS) is 22.6. The van der Waals surface area contributed by atoms with Gasteiger partial charge in [-0.15, -0.1) is 0 Å². The number of piperazine rings is 1. The van der Waals surface area contributed by atoms with Gasteiger partial charge in [-0.3, -0.25) is 14.6 Å². The number of nitrogens with zero attached hydrogens (tertiary/aromatic N) is 3. The fourth-order valence-electron chi connectivity index (χ4n) is 3.89. The molecule has 1 amide bonds. The SMILES string of the molecule is CC(C)(C)OC(=O)N1C2CC1CN(Cc1nc3cc(F)ccc3c(=O)[nH]1)C2. The Balaban J connectivity index is 1.45. The van der Waals surface area contributed by atoms with Crippen molar-refractivity contribution in [2.75, 3.05) is 13.1 Å². The highest BCUT2D eigenvalue weighted by Crippen LogP contribution is 2.34. The molecule has 0 radical (unpaired) electrons.